The fourth-order valence-corrected chi connectivity index (χ4v) is 7.60. The van der Waals surface area contributed by atoms with Gasteiger partial charge in [-0.15, -0.1) is 0 Å². The lowest BCUT2D eigenvalue weighted by Gasteiger charge is -2.39. The van der Waals surface area contributed by atoms with E-state index in [9.17, 15) is 0 Å². The number of fused-ring (bicyclic) bond motifs is 9. The predicted octanol–water partition coefficient (Wildman–Crippen LogP) is 10.9. The summed E-state index contributed by atoms with van der Waals surface area (Å²) in [6.07, 6.45) is 0. The maximum absolute atomic E-state index is 7.23. The van der Waals surface area contributed by atoms with Crippen molar-refractivity contribution >= 4 is 0 Å². The fourth-order valence-electron chi connectivity index (χ4n) is 7.60. The molecule has 0 radical (unpaired) electrons. The second-order valence-electron chi connectivity index (χ2n) is 12.7. The second-order valence-corrected chi connectivity index (χ2v) is 12.7. The summed E-state index contributed by atoms with van der Waals surface area (Å²) in [5.74, 6) is 2.69. The molecule has 4 heteroatoms. The van der Waals surface area contributed by atoms with Gasteiger partial charge in [-0.3, -0.25) is 0 Å². The molecule has 2 aliphatic rings. The summed E-state index contributed by atoms with van der Waals surface area (Å²) in [6, 6.07) is 61.1. The number of hydrogen-bond donors (Lipinski definition) is 0. The molecule has 4 nitrogen and oxygen atoms in total. The van der Waals surface area contributed by atoms with Crippen LogP contribution in [0.1, 0.15) is 16.7 Å². The van der Waals surface area contributed by atoms with Crippen molar-refractivity contribution in [1.29, 1.82) is 0 Å². The van der Waals surface area contributed by atoms with Gasteiger partial charge in [-0.2, -0.15) is 0 Å². The molecule has 0 fully saturated rings. The van der Waals surface area contributed by atoms with E-state index >= 15 is 0 Å². The summed E-state index contributed by atoms with van der Waals surface area (Å²) in [6.45, 7) is 0. The largest absolute Gasteiger partial charge is 0.472 e. The Hall–Kier alpha value is -6.65. The lowest BCUT2D eigenvalue weighted by molar-refractivity contribution is 0.157. The molecule has 1 aliphatic carbocycles. The topological polar surface area (TPSA) is 47.9 Å². The van der Waals surface area contributed by atoms with Crippen molar-refractivity contribution < 1.29 is 4.74 Å². The average Bonchev–Trinajstić information content (AvgIpc) is 3.48. The van der Waals surface area contributed by atoms with E-state index < -0.39 is 5.60 Å². The highest BCUT2D eigenvalue weighted by molar-refractivity contribution is 5.89. The Bertz CT molecular complexity index is 2520. The van der Waals surface area contributed by atoms with Crippen LogP contribution in [0.4, 0.5) is 0 Å². The smallest absolute Gasteiger partial charge is 0.186 e. The monoisotopic (exact) mass is 639 g/mol. The number of aromatic nitrogens is 3. The third kappa shape index (κ3) is 4.35. The van der Waals surface area contributed by atoms with Gasteiger partial charge in [0, 0.05) is 38.9 Å². The molecule has 50 heavy (non-hydrogen) atoms. The summed E-state index contributed by atoms with van der Waals surface area (Å²) in [5, 5.41) is 0. The van der Waals surface area contributed by atoms with Gasteiger partial charge in [0.05, 0.1) is 0 Å². The van der Waals surface area contributed by atoms with Gasteiger partial charge in [-0.05, 0) is 46.0 Å². The van der Waals surface area contributed by atoms with Crippen LogP contribution in [-0.2, 0) is 5.60 Å². The molecule has 234 valence electrons. The van der Waals surface area contributed by atoms with E-state index in [1.54, 1.807) is 0 Å². The Balaban J connectivity index is 1.12. The van der Waals surface area contributed by atoms with E-state index in [0.717, 1.165) is 55.8 Å². The van der Waals surface area contributed by atoms with Gasteiger partial charge >= 0.3 is 0 Å². The lowest BCUT2D eigenvalue weighted by Crippen LogP contribution is -2.36. The number of nitrogens with zero attached hydrogens (tertiary/aromatic N) is 3. The van der Waals surface area contributed by atoms with Gasteiger partial charge in [-0.1, -0.05) is 158 Å². The summed E-state index contributed by atoms with van der Waals surface area (Å²) >= 11 is 0. The highest BCUT2D eigenvalue weighted by Crippen LogP contribution is 2.58. The van der Waals surface area contributed by atoms with E-state index in [4.69, 9.17) is 19.7 Å². The van der Waals surface area contributed by atoms with E-state index in [2.05, 4.69) is 140 Å². The lowest BCUT2D eigenvalue weighted by atomic mass is 9.77. The molecule has 0 unspecified atom stereocenters. The van der Waals surface area contributed by atoms with Crippen molar-refractivity contribution in [3.05, 3.63) is 193 Å². The van der Waals surface area contributed by atoms with Crippen molar-refractivity contribution in [2.45, 2.75) is 5.60 Å². The first-order valence-electron chi connectivity index (χ1n) is 16.9. The molecule has 0 amide bonds. The predicted molar refractivity (Wildman–Crippen MR) is 199 cm³/mol. The van der Waals surface area contributed by atoms with Gasteiger partial charge in [0.2, 0.25) is 0 Å². The molecule has 7 aromatic carbocycles. The van der Waals surface area contributed by atoms with Crippen molar-refractivity contribution in [3.63, 3.8) is 0 Å². The van der Waals surface area contributed by atoms with Crippen LogP contribution in [0.2, 0.25) is 0 Å². The van der Waals surface area contributed by atoms with E-state index in [1.807, 2.05) is 36.4 Å². The summed E-state index contributed by atoms with van der Waals surface area (Å²) in [5.41, 5.74) is 12.3. The van der Waals surface area contributed by atoms with E-state index in [-0.39, 0.29) is 0 Å². The minimum absolute atomic E-state index is 0.609. The Morgan fingerprint density at radius 2 is 0.700 bits per heavy atom. The Labute approximate surface area is 290 Å². The number of ether oxygens (including phenoxy) is 1. The van der Waals surface area contributed by atoms with Crippen molar-refractivity contribution in [2.75, 3.05) is 0 Å². The number of hydrogen-bond acceptors (Lipinski definition) is 4. The molecular formula is C46H29N3O. The van der Waals surface area contributed by atoms with Gasteiger partial charge in [0.1, 0.15) is 5.75 Å². The Morgan fingerprint density at radius 3 is 1.26 bits per heavy atom. The average molecular weight is 640 g/mol. The maximum Gasteiger partial charge on any atom is 0.186 e. The summed E-state index contributed by atoms with van der Waals surface area (Å²) in [7, 11) is 0. The number of benzene rings is 7. The standard InChI is InChI=1S/C46H29N3O/c1-3-13-30(14-4-1)31-23-25-33(26-24-31)44-47-43(32-15-5-2-6-16-32)48-45(49-44)34-27-28-42-38(29-34)37-19-9-12-22-41(37)46(50-42)39-20-10-7-17-35(39)36-18-8-11-21-40(36)46/h1-29H. The van der Waals surface area contributed by atoms with Gasteiger partial charge < -0.3 is 4.74 Å². The molecule has 0 saturated carbocycles. The zero-order valence-electron chi connectivity index (χ0n) is 27.0. The van der Waals surface area contributed by atoms with Crippen LogP contribution in [0.3, 0.4) is 0 Å². The molecule has 0 atom stereocenters. The molecule has 8 aromatic rings. The highest BCUT2D eigenvalue weighted by Gasteiger charge is 2.50. The van der Waals surface area contributed by atoms with Crippen LogP contribution in [0, 0.1) is 0 Å². The van der Waals surface area contributed by atoms with Crippen molar-refractivity contribution in [3.8, 4) is 73.3 Å². The van der Waals surface area contributed by atoms with Gasteiger partial charge in [0.25, 0.3) is 0 Å². The van der Waals surface area contributed by atoms with Crippen molar-refractivity contribution in [1.82, 2.24) is 15.0 Å². The third-order valence-corrected chi connectivity index (χ3v) is 9.92. The van der Waals surface area contributed by atoms with E-state index in [1.165, 1.54) is 16.7 Å². The molecule has 10 rings (SSSR count). The van der Waals surface area contributed by atoms with Crippen LogP contribution in [0.15, 0.2) is 176 Å². The normalized spacial score (nSPS) is 13.1. The molecule has 1 spiro atoms. The zero-order valence-corrected chi connectivity index (χ0v) is 27.0. The Morgan fingerprint density at radius 1 is 0.320 bits per heavy atom. The van der Waals surface area contributed by atoms with Gasteiger partial charge in [-0.25, -0.2) is 15.0 Å². The molecule has 0 bridgehead atoms. The SMILES string of the molecule is c1ccc(-c2ccc(-c3nc(-c4ccccc4)nc(-c4ccc5c(c4)-c4ccccc4C4(O5)c5ccccc5-c5ccccc54)n3)cc2)cc1. The number of rotatable bonds is 4. The first kappa shape index (κ1) is 28.4. The molecule has 0 saturated heterocycles. The van der Waals surface area contributed by atoms with Crippen LogP contribution in [0.5, 0.6) is 5.75 Å². The maximum atomic E-state index is 7.23. The minimum atomic E-state index is -0.745. The molecule has 0 N–H and O–H groups in total. The quantitative estimate of drug-likeness (QED) is 0.192. The Kier molecular flexibility index (Phi) is 6.36. The highest BCUT2D eigenvalue weighted by atomic mass is 16.5. The molecule has 2 heterocycles. The van der Waals surface area contributed by atoms with Crippen molar-refractivity contribution in [2.24, 2.45) is 0 Å². The second kappa shape index (κ2) is 11.2. The van der Waals surface area contributed by atoms with Crippen LogP contribution < -0.4 is 4.74 Å². The fraction of sp³-hybridized carbons (Fsp3) is 0.0217. The molecular weight excluding hydrogens is 611 g/mol. The first-order valence-corrected chi connectivity index (χ1v) is 16.9. The molecule has 1 aromatic heterocycles. The molecule has 1 aliphatic heterocycles. The van der Waals surface area contributed by atoms with Crippen LogP contribution >= 0.6 is 0 Å². The van der Waals surface area contributed by atoms with Crippen LogP contribution in [-0.4, -0.2) is 15.0 Å². The summed E-state index contributed by atoms with van der Waals surface area (Å²) in [4.78, 5) is 15.1. The first-order chi connectivity index (χ1) is 24.8. The van der Waals surface area contributed by atoms with Crippen LogP contribution in [0.25, 0.3) is 67.5 Å². The van der Waals surface area contributed by atoms with E-state index in [0.29, 0.717) is 17.5 Å². The third-order valence-electron chi connectivity index (χ3n) is 9.92. The summed E-state index contributed by atoms with van der Waals surface area (Å²) < 4.78 is 7.23. The zero-order chi connectivity index (χ0) is 33.1. The minimum Gasteiger partial charge on any atom is -0.472 e. The van der Waals surface area contributed by atoms with Gasteiger partial charge in [0.15, 0.2) is 23.1 Å².